The number of carbonyl (C=O) groups excluding carboxylic acids is 2. The van der Waals surface area contributed by atoms with Gasteiger partial charge in [-0.2, -0.15) is 0 Å². The van der Waals surface area contributed by atoms with Gasteiger partial charge in [-0.15, -0.1) is 0 Å². The van der Waals surface area contributed by atoms with Crippen molar-refractivity contribution >= 4 is 62.3 Å². The van der Waals surface area contributed by atoms with Crippen LogP contribution in [-0.4, -0.2) is 50.4 Å². The lowest BCUT2D eigenvalue weighted by atomic mass is 10.0. The number of ether oxygens (including phenoxy) is 1. The first kappa shape index (κ1) is 36.5. The molecule has 0 heterocycles. The van der Waals surface area contributed by atoms with Crippen LogP contribution < -0.4 is 14.4 Å². The van der Waals surface area contributed by atoms with Gasteiger partial charge in [0.15, 0.2) is 0 Å². The third kappa shape index (κ3) is 9.48. The van der Waals surface area contributed by atoms with Crippen LogP contribution in [0.4, 0.5) is 5.69 Å². The molecule has 0 radical (unpaired) electrons. The highest BCUT2D eigenvalue weighted by atomic mass is 35.5. The number of carbonyl (C=O) groups is 2. The first-order chi connectivity index (χ1) is 23.5. The maximum atomic E-state index is 14.7. The molecule has 258 valence electrons. The number of nitrogens with zero attached hydrogens (tertiary/aromatic N) is 2. The van der Waals surface area contributed by atoms with Gasteiger partial charge in [-0.3, -0.25) is 13.9 Å². The molecule has 8 nitrogen and oxygen atoms in total. The lowest BCUT2D eigenvalue weighted by Gasteiger charge is -2.34. The summed E-state index contributed by atoms with van der Waals surface area (Å²) in [7, 11) is -4.29. The Kier molecular flexibility index (Phi) is 12.5. The third-order valence-electron chi connectivity index (χ3n) is 8.44. The van der Waals surface area contributed by atoms with E-state index in [1.165, 1.54) is 29.2 Å². The number of nitrogens with one attached hydrogen (secondary N) is 1. The molecule has 1 fully saturated rings. The number of hydrogen-bond acceptors (Lipinski definition) is 5. The Morgan fingerprint density at radius 2 is 1.53 bits per heavy atom. The van der Waals surface area contributed by atoms with Gasteiger partial charge >= 0.3 is 0 Å². The third-order valence-corrected chi connectivity index (χ3v) is 11.1. The van der Waals surface area contributed by atoms with Crippen LogP contribution in [0.1, 0.15) is 43.7 Å². The average Bonchev–Trinajstić information content (AvgIpc) is 3.60. The van der Waals surface area contributed by atoms with E-state index in [2.05, 4.69) is 5.32 Å². The number of sulfonamides is 1. The molecule has 12 heteroatoms. The monoisotopic (exact) mass is 741 g/mol. The molecular formula is C37H38Cl3N3O5S. The number of hydrogen-bond donors (Lipinski definition) is 1. The normalized spacial score (nSPS) is 13.9. The Hall–Kier alpha value is -3.76. The number of halogens is 3. The summed E-state index contributed by atoms with van der Waals surface area (Å²) in [5.41, 5.74) is 1.64. The molecule has 1 aliphatic rings. The SMILES string of the molecule is CCOc1ccc(N(CC(=O)N(Cc2ccc(Cl)cc2Cl)C(Cc2ccccc2)C(=O)NC2CCCC2)S(=O)(=O)c2ccc(Cl)cc2)cc1. The van der Waals surface area contributed by atoms with Crippen molar-refractivity contribution in [3.05, 3.63) is 123 Å². The standard InChI is InChI=1S/C37H38Cl3N3O5S/c1-2-48-32-18-16-31(17-19-32)43(49(46,47)33-20-14-28(38)15-21-33)25-36(44)42(24-27-12-13-29(39)23-34(27)40)35(22-26-8-4-3-5-9-26)37(45)41-30-10-6-7-11-30/h3-5,8-9,12-21,23,30,35H,2,6-7,10-11,22,24-25H2,1H3,(H,41,45). The Labute approximate surface area is 303 Å². The van der Waals surface area contributed by atoms with Crippen molar-refractivity contribution in [2.75, 3.05) is 17.5 Å². The molecule has 49 heavy (non-hydrogen) atoms. The van der Waals surface area contributed by atoms with Gasteiger partial charge in [0.25, 0.3) is 10.0 Å². The largest absolute Gasteiger partial charge is 0.494 e. The molecule has 4 aromatic carbocycles. The number of rotatable bonds is 14. The zero-order chi connectivity index (χ0) is 35.0. The van der Waals surface area contributed by atoms with Crippen LogP contribution in [0, 0.1) is 0 Å². The fraction of sp³-hybridized carbons (Fsp3) is 0.297. The van der Waals surface area contributed by atoms with Gasteiger partial charge in [0.05, 0.1) is 17.2 Å². The van der Waals surface area contributed by atoms with Crippen molar-refractivity contribution in [2.24, 2.45) is 0 Å². The van der Waals surface area contributed by atoms with E-state index in [-0.39, 0.29) is 35.5 Å². The predicted octanol–water partition coefficient (Wildman–Crippen LogP) is 7.94. The summed E-state index contributed by atoms with van der Waals surface area (Å²) in [6.45, 7) is 1.60. The Morgan fingerprint density at radius 1 is 0.878 bits per heavy atom. The van der Waals surface area contributed by atoms with Crippen molar-refractivity contribution in [3.8, 4) is 5.75 Å². The van der Waals surface area contributed by atoms with E-state index < -0.39 is 28.5 Å². The number of amides is 2. The highest BCUT2D eigenvalue weighted by Crippen LogP contribution is 2.29. The molecule has 2 amide bonds. The van der Waals surface area contributed by atoms with E-state index in [1.807, 2.05) is 37.3 Å². The highest BCUT2D eigenvalue weighted by Gasteiger charge is 2.36. The first-order valence-electron chi connectivity index (χ1n) is 16.1. The van der Waals surface area contributed by atoms with Crippen LogP contribution in [-0.2, 0) is 32.6 Å². The molecule has 1 unspecified atom stereocenters. The summed E-state index contributed by atoms with van der Waals surface area (Å²) in [5.74, 6) is -0.366. The second-order valence-electron chi connectivity index (χ2n) is 11.8. The molecule has 1 atom stereocenters. The molecule has 0 saturated heterocycles. The topological polar surface area (TPSA) is 96.0 Å². The molecule has 4 aromatic rings. The molecule has 0 bridgehead atoms. The van der Waals surface area contributed by atoms with Crippen LogP contribution in [0.2, 0.25) is 15.1 Å². The van der Waals surface area contributed by atoms with E-state index in [9.17, 15) is 18.0 Å². The van der Waals surface area contributed by atoms with Gasteiger partial charge in [0.1, 0.15) is 18.3 Å². The summed E-state index contributed by atoms with van der Waals surface area (Å²) < 4.78 is 35.1. The molecule has 5 rings (SSSR count). The van der Waals surface area contributed by atoms with Crippen LogP contribution in [0.25, 0.3) is 0 Å². The van der Waals surface area contributed by atoms with Gasteiger partial charge in [-0.25, -0.2) is 8.42 Å². The maximum absolute atomic E-state index is 14.7. The van der Waals surface area contributed by atoms with E-state index in [1.54, 1.807) is 42.5 Å². The van der Waals surface area contributed by atoms with Crippen LogP contribution >= 0.6 is 34.8 Å². The number of anilines is 1. The molecule has 1 saturated carbocycles. The lowest BCUT2D eigenvalue weighted by Crippen LogP contribution is -2.54. The lowest BCUT2D eigenvalue weighted by molar-refractivity contribution is -0.140. The van der Waals surface area contributed by atoms with Crippen molar-refractivity contribution in [3.63, 3.8) is 0 Å². The molecular weight excluding hydrogens is 705 g/mol. The van der Waals surface area contributed by atoms with Crippen molar-refractivity contribution in [1.29, 1.82) is 0 Å². The van der Waals surface area contributed by atoms with Gasteiger partial charge in [0.2, 0.25) is 11.8 Å². The van der Waals surface area contributed by atoms with Gasteiger partial charge < -0.3 is 15.0 Å². The van der Waals surface area contributed by atoms with E-state index >= 15 is 0 Å². The second kappa shape index (κ2) is 16.8. The average molecular weight is 743 g/mol. The first-order valence-corrected chi connectivity index (χ1v) is 18.7. The molecule has 0 aromatic heterocycles. The highest BCUT2D eigenvalue weighted by molar-refractivity contribution is 7.92. The van der Waals surface area contributed by atoms with Gasteiger partial charge in [0, 0.05) is 34.1 Å². The minimum Gasteiger partial charge on any atom is -0.494 e. The minimum absolute atomic E-state index is 0.00696. The van der Waals surface area contributed by atoms with Gasteiger partial charge in [-0.1, -0.05) is 84.0 Å². The number of benzene rings is 4. The van der Waals surface area contributed by atoms with Crippen molar-refractivity contribution < 1.29 is 22.7 Å². The maximum Gasteiger partial charge on any atom is 0.264 e. The summed E-state index contributed by atoms with van der Waals surface area (Å²) >= 11 is 18.9. The van der Waals surface area contributed by atoms with Crippen LogP contribution in [0.3, 0.4) is 0 Å². The second-order valence-corrected chi connectivity index (χ2v) is 15.0. The van der Waals surface area contributed by atoms with Crippen LogP contribution in [0.5, 0.6) is 5.75 Å². The summed E-state index contributed by atoms with van der Waals surface area (Å²) in [5, 5.41) is 4.27. The smallest absolute Gasteiger partial charge is 0.264 e. The summed E-state index contributed by atoms with van der Waals surface area (Å²) in [6, 6.07) is 25.5. The quantitative estimate of drug-likeness (QED) is 0.142. The minimum atomic E-state index is -4.29. The molecule has 0 aliphatic heterocycles. The zero-order valence-electron chi connectivity index (χ0n) is 27.0. The van der Waals surface area contributed by atoms with Gasteiger partial charge in [-0.05, 0) is 91.6 Å². The fourth-order valence-electron chi connectivity index (χ4n) is 5.89. The Balaban J connectivity index is 1.58. The van der Waals surface area contributed by atoms with Crippen LogP contribution in [0.15, 0.2) is 102 Å². The zero-order valence-corrected chi connectivity index (χ0v) is 30.1. The van der Waals surface area contributed by atoms with Crippen molar-refractivity contribution in [2.45, 2.75) is 62.6 Å². The Bertz CT molecular complexity index is 1840. The van der Waals surface area contributed by atoms with E-state index in [0.717, 1.165) is 35.6 Å². The fourth-order valence-corrected chi connectivity index (χ4v) is 7.90. The molecule has 1 N–H and O–H groups in total. The molecule has 1 aliphatic carbocycles. The molecule has 0 spiro atoms. The van der Waals surface area contributed by atoms with E-state index in [4.69, 9.17) is 39.5 Å². The van der Waals surface area contributed by atoms with Crippen molar-refractivity contribution in [1.82, 2.24) is 10.2 Å². The van der Waals surface area contributed by atoms with E-state index in [0.29, 0.717) is 33.0 Å². The summed E-state index contributed by atoms with van der Waals surface area (Å²) in [4.78, 5) is 30.2. The predicted molar refractivity (Wildman–Crippen MR) is 195 cm³/mol. The Morgan fingerprint density at radius 3 is 2.16 bits per heavy atom. The summed E-state index contributed by atoms with van der Waals surface area (Å²) in [6.07, 6.45) is 3.93.